The Morgan fingerprint density at radius 2 is 1.96 bits per heavy atom. The summed E-state index contributed by atoms with van der Waals surface area (Å²) >= 11 is 6.28. The number of carbonyl (C=O) groups excluding carboxylic acids is 1. The van der Waals surface area contributed by atoms with Crippen LogP contribution in [-0.2, 0) is 0 Å². The minimum Gasteiger partial charge on any atom is -0.371 e. The predicted octanol–water partition coefficient (Wildman–Crippen LogP) is 4.93. The van der Waals surface area contributed by atoms with Crippen LogP contribution in [0.25, 0.3) is 0 Å². The third-order valence-corrected chi connectivity index (χ3v) is 5.16. The zero-order valence-corrected chi connectivity index (χ0v) is 15.7. The summed E-state index contributed by atoms with van der Waals surface area (Å²) in [6.07, 6.45) is 5.00. The number of unbranched alkanes of at least 4 members (excludes halogenated alkanes) is 2. The van der Waals surface area contributed by atoms with Gasteiger partial charge in [-0.3, -0.25) is 4.79 Å². The SMILES string of the molecule is CCCCCC1(F)CCN(c2ccc(C(=O)N(C)C)c(Cl)c2)CC1. The highest BCUT2D eigenvalue weighted by atomic mass is 35.5. The highest BCUT2D eigenvalue weighted by molar-refractivity contribution is 6.34. The summed E-state index contributed by atoms with van der Waals surface area (Å²) in [4.78, 5) is 15.7. The molecule has 1 aromatic rings. The van der Waals surface area contributed by atoms with Crippen LogP contribution in [0.15, 0.2) is 18.2 Å². The average Bonchev–Trinajstić information content (AvgIpc) is 2.55. The summed E-state index contributed by atoms with van der Waals surface area (Å²) in [7, 11) is 3.41. The van der Waals surface area contributed by atoms with E-state index in [4.69, 9.17) is 11.6 Å². The normalized spacial score (nSPS) is 17.0. The highest BCUT2D eigenvalue weighted by Crippen LogP contribution is 2.34. The quantitative estimate of drug-likeness (QED) is 0.676. The van der Waals surface area contributed by atoms with Crippen LogP contribution in [-0.4, -0.2) is 43.7 Å². The van der Waals surface area contributed by atoms with E-state index in [1.54, 1.807) is 20.2 Å². The number of amides is 1. The molecule has 0 aromatic heterocycles. The molecule has 1 saturated heterocycles. The Balaban J connectivity index is 1.99. The van der Waals surface area contributed by atoms with Gasteiger partial charge in [0.15, 0.2) is 0 Å². The summed E-state index contributed by atoms with van der Waals surface area (Å²) in [5.41, 5.74) is 0.448. The van der Waals surface area contributed by atoms with E-state index in [0.29, 0.717) is 42.9 Å². The van der Waals surface area contributed by atoms with Crippen LogP contribution in [0.4, 0.5) is 10.1 Å². The van der Waals surface area contributed by atoms with Gasteiger partial charge in [0.2, 0.25) is 0 Å². The molecule has 3 nitrogen and oxygen atoms in total. The van der Waals surface area contributed by atoms with E-state index in [9.17, 15) is 9.18 Å². The molecular formula is C19H28ClFN2O. The van der Waals surface area contributed by atoms with Crippen LogP contribution in [0.3, 0.4) is 0 Å². The molecule has 5 heteroatoms. The first-order chi connectivity index (χ1) is 11.4. The first-order valence-electron chi connectivity index (χ1n) is 8.81. The van der Waals surface area contributed by atoms with E-state index >= 15 is 0 Å². The van der Waals surface area contributed by atoms with Crippen molar-refractivity contribution in [3.05, 3.63) is 28.8 Å². The van der Waals surface area contributed by atoms with Gasteiger partial charge in [-0.15, -0.1) is 0 Å². The molecule has 0 spiro atoms. The second-order valence-corrected chi connectivity index (χ2v) is 7.37. The van der Waals surface area contributed by atoms with Crippen molar-refractivity contribution in [3.8, 4) is 0 Å². The van der Waals surface area contributed by atoms with E-state index in [2.05, 4.69) is 11.8 Å². The number of anilines is 1. The smallest absolute Gasteiger partial charge is 0.254 e. The van der Waals surface area contributed by atoms with Crippen molar-refractivity contribution in [1.82, 2.24) is 4.90 Å². The molecule has 1 aliphatic rings. The Kier molecular flexibility index (Phi) is 6.50. The van der Waals surface area contributed by atoms with Crippen molar-refractivity contribution in [2.75, 3.05) is 32.1 Å². The van der Waals surface area contributed by atoms with Crippen molar-refractivity contribution in [2.24, 2.45) is 0 Å². The highest BCUT2D eigenvalue weighted by Gasteiger charge is 2.34. The number of hydrogen-bond acceptors (Lipinski definition) is 2. The summed E-state index contributed by atoms with van der Waals surface area (Å²) in [6, 6.07) is 5.49. The maximum absolute atomic E-state index is 14.8. The molecule has 2 rings (SSSR count). The Hall–Kier alpha value is -1.29. The third-order valence-electron chi connectivity index (χ3n) is 4.84. The number of halogens is 2. The van der Waals surface area contributed by atoms with Gasteiger partial charge >= 0.3 is 0 Å². The second kappa shape index (κ2) is 8.19. The largest absolute Gasteiger partial charge is 0.371 e. The lowest BCUT2D eigenvalue weighted by atomic mass is 9.88. The van der Waals surface area contributed by atoms with Crippen LogP contribution in [0, 0.1) is 0 Å². The predicted molar refractivity (Wildman–Crippen MR) is 98.9 cm³/mol. The van der Waals surface area contributed by atoms with Gasteiger partial charge in [0.05, 0.1) is 10.6 Å². The number of alkyl halides is 1. The molecular weight excluding hydrogens is 327 g/mol. The molecule has 1 amide bonds. The van der Waals surface area contributed by atoms with Crippen molar-refractivity contribution >= 4 is 23.2 Å². The number of hydrogen-bond donors (Lipinski definition) is 0. The number of carbonyl (C=O) groups is 1. The number of benzene rings is 1. The molecule has 0 radical (unpaired) electrons. The molecule has 0 unspecified atom stereocenters. The maximum atomic E-state index is 14.8. The molecule has 1 heterocycles. The third kappa shape index (κ3) is 4.62. The van der Waals surface area contributed by atoms with Crippen LogP contribution in [0.5, 0.6) is 0 Å². The molecule has 0 saturated carbocycles. The van der Waals surface area contributed by atoms with Crippen LogP contribution >= 0.6 is 11.6 Å². The van der Waals surface area contributed by atoms with E-state index < -0.39 is 5.67 Å². The zero-order chi connectivity index (χ0) is 17.7. The Morgan fingerprint density at radius 3 is 2.50 bits per heavy atom. The number of piperidine rings is 1. The molecule has 24 heavy (non-hydrogen) atoms. The van der Waals surface area contributed by atoms with E-state index in [0.717, 1.165) is 24.9 Å². The van der Waals surface area contributed by atoms with Gasteiger partial charge in [0.1, 0.15) is 5.67 Å². The van der Waals surface area contributed by atoms with Crippen molar-refractivity contribution in [3.63, 3.8) is 0 Å². The molecule has 134 valence electrons. The lowest BCUT2D eigenvalue weighted by Crippen LogP contribution is -2.41. The Labute approximate surface area is 149 Å². The molecule has 0 bridgehead atoms. The van der Waals surface area contributed by atoms with Gasteiger partial charge in [-0.25, -0.2) is 4.39 Å². The van der Waals surface area contributed by atoms with E-state index in [1.807, 2.05) is 12.1 Å². The van der Waals surface area contributed by atoms with Gasteiger partial charge in [-0.05, 0) is 37.5 Å². The lowest BCUT2D eigenvalue weighted by molar-refractivity contribution is 0.0828. The standard InChI is InChI=1S/C19H28ClFN2O/c1-4-5-6-9-19(21)10-12-23(13-11-19)15-7-8-16(17(20)14-15)18(24)22(2)3/h7-8,14H,4-6,9-13H2,1-3H3. The molecule has 0 atom stereocenters. The zero-order valence-electron chi connectivity index (χ0n) is 14.9. The van der Waals surface area contributed by atoms with Gasteiger partial charge in [0.25, 0.3) is 5.91 Å². The first-order valence-corrected chi connectivity index (χ1v) is 9.19. The van der Waals surface area contributed by atoms with Crippen molar-refractivity contribution < 1.29 is 9.18 Å². The fourth-order valence-electron chi connectivity index (χ4n) is 3.22. The molecule has 1 aliphatic heterocycles. The van der Waals surface area contributed by atoms with Crippen LogP contribution in [0.2, 0.25) is 5.02 Å². The van der Waals surface area contributed by atoms with Crippen molar-refractivity contribution in [2.45, 2.75) is 51.1 Å². The number of nitrogens with zero attached hydrogens (tertiary/aromatic N) is 2. The maximum Gasteiger partial charge on any atom is 0.254 e. The molecule has 1 aromatic carbocycles. The first kappa shape index (κ1) is 19.0. The minimum absolute atomic E-state index is 0.108. The Bertz CT molecular complexity index is 568. The summed E-state index contributed by atoms with van der Waals surface area (Å²) in [5.74, 6) is -0.108. The summed E-state index contributed by atoms with van der Waals surface area (Å²) in [6.45, 7) is 3.53. The summed E-state index contributed by atoms with van der Waals surface area (Å²) < 4.78 is 14.8. The molecule has 0 aliphatic carbocycles. The van der Waals surface area contributed by atoms with Crippen molar-refractivity contribution in [1.29, 1.82) is 0 Å². The molecule has 1 fully saturated rings. The van der Waals surface area contributed by atoms with Gasteiger partial charge in [-0.1, -0.05) is 37.8 Å². The van der Waals surface area contributed by atoms with Gasteiger partial charge < -0.3 is 9.80 Å². The fraction of sp³-hybridized carbons (Fsp3) is 0.632. The monoisotopic (exact) mass is 354 g/mol. The minimum atomic E-state index is -1.02. The fourth-order valence-corrected chi connectivity index (χ4v) is 3.48. The van der Waals surface area contributed by atoms with Gasteiger partial charge in [0, 0.05) is 32.9 Å². The summed E-state index contributed by atoms with van der Waals surface area (Å²) in [5, 5.41) is 0.450. The van der Waals surface area contributed by atoms with E-state index in [1.165, 1.54) is 4.90 Å². The van der Waals surface area contributed by atoms with Crippen LogP contribution < -0.4 is 4.90 Å². The topological polar surface area (TPSA) is 23.6 Å². The lowest BCUT2D eigenvalue weighted by Gasteiger charge is -2.38. The Morgan fingerprint density at radius 1 is 1.29 bits per heavy atom. The van der Waals surface area contributed by atoms with Crippen LogP contribution in [0.1, 0.15) is 55.8 Å². The second-order valence-electron chi connectivity index (χ2n) is 6.96. The molecule has 0 N–H and O–H groups in total. The van der Waals surface area contributed by atoms with E-state index in [-0.39, 0.29) is 5.91 Å². The number of rotatable bonds is 6. The van der Waals surface area contributed by atoms with Gasteiger partial charge in [-0.2, -0.15) is 0 Å². The average molecular weight is 355 g/mol.